The molecule has 0 heterocycles. The first-order valence-corrected chi connectivity index (χ1v) is 6.79. The fourth-order valence-corrected chi connectivity index (χ4v) is 2.11. The first-order chi connectivity index (χ1) is 9.77. The molecule has 0 aliphatic rings. The van der Waals surface area contributed by atoms with E-state index in [1.807, 2.05) is 0 Å². The third-order valence-electron chi connectivity index (χ3n) is 3.00. The van der Waals surface area contributed by atoms with Crippen LogP contribution in [0.15, 0.2) is 42.5 Å². The maximum absolute atomic E-state index is 13.1. The predicted octanol–water partition coefficient (Wildman–Crippen LogP) is 6.27. The minimum absolute atomic E-state index is 0.147. The van der Waals surface area contributed by atoms with Crippen molar-refractivity contribution in [3.8, 4) is 11.5 Å². The lowest BCUT2D eigenvalue weighted by Gasteiger charge is -2.17. The lowest BCUT2D eigenvalue weighted by molar-refractivity contribution is -0.138. The summed E-state index contributed by atoms with van der Waals surface area (Å²) in [5.41, 5.74) is -0.407. The molecule has 112 valence electrons. The molecule has 0 amide bonds. The summed E-state index contributed by atoms with van der Waals surface area (Å²) in [6.45, 7) is 3.45. The Morgan fingerprint density at radius 1 is 0.952 bits per heavy atom. The molecule has 0 aliphatic carbocycles. The summed E-state index contributed by atoms with van der Waals surface area (Å²) in [6, 6.07) is 10.5. The average molecular weight is 315 g/mol. The Morgan fingerprint density at radius 3 is 2.05 bits per heavy atom. The largest absolute Gasteiger partial charge is 0.457 e. The van der Waals surface area contributed by atoms with Gasteiger partial charge in [-0.1, -0.05) is 31.5 Å². The van der Waals surface area contributed by atoms with Gasteiger partial charge < -0.3 is 4.74 Å². The maximum Gasteiger partial charge on any atom is 0.416 e. The molecule has 2 aromatic carbocycles. The highest BCUT2D eigenvalue weighted by atomic mass is 35.5. The van der Waals surface area contributed by atoms with Crippen molar-refractivity contribution in [2.24, 2.45) is 0 Å². The molecule has 0 unspecified atom stereocenters. The SMILES string of the molecule is CC(C)c1ccc(Oc2ccc(Cl)cc2)cc1C(F)(F)F. The van der Waals surface area contributed by atoms with E-state index >= 15 is 0 Å². The Morgan fingerprint density at radius 2 is 1.52 bits per heavy atom. The van der Waals surface area contributed by atoms with Crippen LogP contribution in [0.3, 0.4) is 0 Å². The van der Waals surface area contributed by atoms with Gasteiger partial charge in [0.2, 0.25) is 0 Å². The van der Waals surface area contributed by atoms with Crippen LogP contribution in [0.2, 0.25) is 5.02 Å². The predicted molar refractivity (Wildman–Crippen MR) is 77.1 cm³/mol. The van der Waals surface area contributed by atoms with Gasteiger partial charge in [0.05, 0.1) is 5.56 Å². The molecule has 2 rings (SSSR count). The Bertz CT molecular complexity index is 618. The lowest BCUT2D eigenvalue weighted by atomic mass is 9.96. The van der Waals surface area contributed by atoms with Crippen LogP contribution in [0, 0.1) is 0 Å². The van der Waals surface area contributed by atoms with Gasteiger partial charge in [-0.3, -0.25) is 0 Å². The summed E-state index contributed by atoms with van der Waals surface area (Å²) >= 11 is 5.75. The molecule has 5 heteroatoms. The summed E-state index contributed by atoms with van der Waals surface area (Å²) in [4.78, 5) is 0. The molecule has 0 N–H and O–H groups in total. The highest BCUT2D eigenvalue weighted by molar-refractivity contribution is 6.30. The van der Waals surface area contributed by atoms with Crippen LogP contribution in [-0.2, 0) is 6.18 Å². The van der Waals surface area contributed by atoms with Gasteiger partial charge in [0.1, 0.15) is 11.5 Å². The van der Waals surface area contributed by atoms with Gasteiger partial charge in [0, 0.05) is 5.02 Å². The second kappa shape index (κ2) is 5.98. The number of alkyl halides is 3. The average Bonchev–Trinajstić information content (AvgIpc) is 2.40. The second-order valence-electron chi connectivity index (χ2n) is 4.96. The summed E-state index contributed by atoms with van der Waals surface area (Å²) in [7, 11) is 0. The van der Waals surface area contributed by atoms with E-state index in [-0.39, 0.29) is 17.2 Å². The summed E-state index contributed by atoms with van der Waals surface area (Å²) in [6.07, 6.45) is -4.40. The van der Waals surface area contributed by atoms with Crippen LogP contribution in [0.25, 0.3) is 0 Å². The maximum atomic E-state index is 13.1. The number of hydrogen-bond donors (Lipinski definition) is 0. The van der Waals surface area contributed by atoms with Gasteiger partial charge in [-0.25, -0.2) is 0 Å². The second-order valence-corrected chi connectivity index (χ2v) is 5.39. The Labute approximate surface area is 126 Å². The van der Waals surface area contributed by atoms with Crippen LogP contribution in [0.1, 0.15) is 30.9 Å². The number of benzene rings is 2. The number of ether oxygens (including phenoxy) is 1. The van der Waals surface area contributed by atoms with E-state index in [1.165, 1.54) is 6.07 Å². The molecular weight excluding hydrogens is 301 g/mol. The van der Waals surface area contributed by atoms with Gasteiger partial charge in [-0.05, 0) is 47.9 Å². The van der Waals surface area contributed by atoms with Gasteiger partial charge in [-0.15, -0.1) is 0 Å². The van der Waals surface area contributed by atoms with Gasteiger partial charge in [-0.2, -0.15) is 13.2 Å². The zero-order valence-corrected chi connectivity index (χ0v) is 12.3. The van der Waals surface area contributed by atoms with Crippen molar-refractivity contribution in [1.29, 1.82) is 0 Å². The number of hydrogen-bond acceptors (Lipinski definition) is 1. The standard InChI is InChI=1S/C16H14ClF3O/c1-10(2)14-8-7-13(9-15(14)16(18,19)20)21-12-5-3-11(17)4-6-12/h3-10H,1-2H3. The van der Waals surface area contributed by atoms with Gasteiger partial charge in [0.15, 0.2) is 0 Å². The van der Waals surface area contributed by atoms with E-state index < -0.39 is 11.7 Å². The summed E-state index contributed by atoms with van der Waals surface area (Å²) < 4.78 is 44.8. The molecule has 0 aromatic heterocycles. The van der Waals surface area contributed by atoms with Crippen LogP contribution >= 0.6 is 11.6 Å². The van der Waals surface area contributed by atoms with E-state index in [1.54, 1.807) is 44.2 Å². The molecule has 0 aliphatic heterocycles. The van der Waals surface area contributed by atoms with Gasteiger partial charge >= 0.3 is 6.18 Å². The monoisotopic (exact) mass is 314 g/mol. The molecule has 0 bridgehead atoms. The van der Waals surface area contributed by atoms with E-state index in [0.29, 0.717) is 10.8 Å². The summed E-state index contributed by atoms with van der Waals surface area (Å²) in [5.74, 6) is 0.366. The molecular formula is C16H14ClF3O. The first-order valence-electron chi connectivity index (χ1n) is 6.42. The van der Waals surface area contributed by atoms with E-state index in [2.05, 4.69) is 0 Å². The zero-order chi connectivity index (χ0) is 15.6. The fourth-order valence-electron chi connectivity index (χ4n) is 1.99. The van der Waals surface area contributed by atoms with Crippen molar-refractivity contribution < 1.29 is 17.9 Å². The van der Waals surface area contributed by atoms with Crippen LogP contribution < -0.4 is 4.74 Å². The summed E-state index contributed by atoms with van der Waals surface area (Å²) in [5, 5.41) is 0.536. The van der Waals surface area contributed by atoms with Crippen molar-refractivity contribution in [2.45, 2.75) is 25.9 Å². The van der Waals surface area contributed by atoms with Crippen molar-refractivity contribution in [2.75, 3.05) is 0 Å². The van der Waals surface area contributed by atoms with Crippen molar-refractivity contribution in [1.82, 2.24) is 0 Å². The zero-order valence-electron chi connectivity index (χ0n) is 11.5. The van der Waals surface area contributed by atoms with E-state index in [9.17, 15) is 13.2 Å². The fraction of sp³-hybridized carbons (Fsp3) is 0.250. The number of rotatable bonds is 3. The topological polar surface area (TPSA) is 9.23 Å². The molecule has 2 aromatic rings. The van der Waals surface area contributed by atoms with Gasteiger partial charge in [0.25, 0.3) is 0 Å². The minimum Gasteiger partial charge on any atom is -0.457 e. The quantitative estimate of drug-likeness (QED) is 0.648. The first kappa shape index (κ1) is 15.7. The Kier molecular flexibility index (Phi) is 4.47. The molecule has 1 nitrogen and oxygen atoms in total. The van der Waals surface area contributed by atoms with Crippen LogP contribution in [-0.4, -0.2) is 0 Å². The smallest absolute Gasteiger partial charge is 0.416 e. The third kappa shape index (κ3) is 3.91. The van der Waals surface area contributed by atoms with Crippen LogP contribution in [0.4, 0.5) is 13.2 Å². The highest BCUT2D eigenvalue weighted by Crippen LogP contribution is 2.38. The molecule has 0 fully saturated rings. The molecule has 0 saturated carbocycles. The molecule has 0 spiro atoms. The molecule has 0 saturated heterocycles. The molecule has 21 heavy (non-hydrogen) atoms. The van der Waals surface area contributed by atoms with Crippen LogP contribution in [0.5, 0.6) is 11.5 Å². The van der Waals surface area contributed by atoms with E-state index in [0.717, 1.165) is 6.07 Å². The van der Waals surface area contributed by atoms with Crippen molar-refractivity contribution in [3.05, 3.63) is 58.6 Å². The Hall–Kier alpha value is -1.68. The Balaban J connectivity index is 2.35. The normalized spacial score (nSPS) is 11.8. The van der Waals surface area contributed by atoms with Crippen molar-refractivity contribution >= 4 is 11.6 Å². The van der Waals surface area contributed by atoms with Crippen molar-refractivity contribution in [3.63, 3.8) is 0 Å². The third-order valence-corrected chi connectivity index (χ3v) is 3.25. The molecule has 0 atom stereocenters. The lowest BCUT2D eigenvalue weighted by Crippen LogP contribution is -2.10. The van der Waals surface area contributed by atoms with E-state index in [4.69, 9.17) is 16.3 Å². The highest BCUT2D eigenvalue weighted by Gasteiger charge is 2.34. The minimum atomic E-state index is -4.40. The number of halogens is 4. The molecule has 0 radical (unpaired) electrons.